The van der Waals surface area contributed by atoms with Crippen LogP contribution in [-0.2, 0) is 0 Å². The summed E-state index contributed by atoms with van der Waals surface area (Å²) in [6.07, 6.45) is 10.2. The lowest BCUT2D eigenvalue weighted by atomic mass is 9.95. The maximum Gasteiger partial charge on any atom is 0.00980 e. The molecule has 0 spiro atoms. The van der Waals surface area contributed by atoms with E-state index < -0.39 is 0 Å². The van der Waals surface area contributed by atoms with Gasteiger partial charge in [-0.25, -0.2) is 0 Å². The van der Waals surface area contributed by atoms with Gasteiger partial charge in [-0.05, 0) is 44.1 Å². The van der Waals surface area contributed by atoms with Crippen LogP contribution in [-0.4, -0.2) is 12.6 Å². The molecule has 76 valence electrons. The van der Waals surface area contributed by atoms with Gasteiger partial charge >= 0.3 is 0 Å². The Morgan fingerprint density at radius 3 is 2.69 bits per heavy atom. The molecule has 2 saturated carbocycles. The van der Waals surface area contributed by atoms with E-state index in [0.29, 0.717) is 0 Å². The fraction of sp³-hybridized carbons (Fsp3) is 1.00. The molecule has 3 atom stereocenters. The van der Waals surface area contributed by atoms with Gasteiger partial charge in [0.2, 0.25) is 0 Å². The first kappa shape index (κ1) is 9.51. The van der Waals surface area contributed by atoms with E-state index in [-0.39, 0.29) is 0 Å². The van der Waals surface area contributed by atoms with Gasteiger partial charge in [0.25, 0.3) is 0 Å². The Kier molecular flexibility index (Phi) is 3.26. The standard InChI is InChI=1S/C12H23N/c1-2-3-4-7-13-12-9-10-5-6-11(12)8-10/h10-13H,2-9H2,1H3/t10-,11-,12+/m0/s1. The summed E-state index contributed by atoms with van der Waals surface area (Å²) in [7, 11) is 0. The Morgan fingerprint density at radius 1 is 1.15 bits per heavy atom. The number of nitrogens with one attached hydrogen (secondary N) is 1. The third-order valence-electron chi connectivity index (χ3n) is 3.92. The predicted octanol–water partition coefficient (Wildman–Crippen LogP) is 2.95. The molecule has 2 fully saturated rings. The van der Waals surface area contributed by atoms with Crippen LogP contribution in [0.2, 0.25) is 0 Å². The lowest BCUT2D eigenvalue weighted by Gasteiger charge is -2.22. The molecule has 13 heavy (non-hydrogen) atoms. The van der Waals surface area contributed by atoms with Gasteiger partial charge in [-0.1, -0.05) is 26.2 Å². The summed E-state index contributed by atoms with van der Waals surface area (Å²) in [5.41, 5.74) is 0. The summed E-state index contributed by atoms with van der Waals surface area (Å²) < 4.78 is 0. The topological polar surface area (TPSA) is 12.0 Å². The first-order valence-corrected chi connectivity index (χ1v) is 6.13. The van der Waals surface area contributed by atoms with E-state index in [1.165, 1.54) is 51.5 Å². The highest BCUT2D eigenvalue weighted by Crippen LogP contribution is 2.44. The predicted molar refractivity (Wildman–Crippen MR) is 56.8 cm³/mol. The quantitative estimate of drug-likeness (QED) is 0.643. The summed E-state index contributed by atoms with van der Waals surface area (Å²) in [6.45, 7) is 3.54. The molecule has 1 N–H and O–H groups in total. The Bertz CT molecular complexity index is 155. The maximum atomic E-state index is 3.75. The van der Waals surface area contributed by atoms with Gasteiger partial charge in [-0.3, -0.25) is 0 Å². The normalized spacial score (nSPS) is 37.2. The van der Waals surface area contributed by atoms with Gasteiger partial charge in [-0.2, -0.15) is 0 Å². The van der Waals surface area contributed by atoms with Crippen molar-refractivity contribution in [3.63, 3.8) is 0 Å². The van der Waals surface area contributed by atoms with Gasteiger partial charge < -0.3 is 5.32 Å². The zero-order valence-corrected chi connectivity index (χ0v) is 8.89. The van der Waals surface area contributed by atoms with Gasteiger partial charge in [-0.15, -0.1) is 0 Å². The number of hydrogen-bond acceptors (Lipinski definition) is 1. The van der Waals surface area contributed by atoms with E-state index in [9.17, 15) is 0 Å². The van der Waals surface area contributed by atoms with Gasteiger partial charge in [0.15, 0.2) is 0 Å². The lowest BCUT2D eigenvalue weighted by molar-refractivity contribution is 0.349. The van der Waals surface area contributed by atoms with Crippen LogP contribution in [0.25, 0.3) is 0 Å². The van der Waals surface area contributed by atoms with Crippen molar-refractivity contribution in [2.75, 3.05) is 6.54 Å². The van der Waals surface area contributed by atoms with Crippen LogP contribution in [0.1, 0.15) is 51.9 Å². The zero-order valence-electron chi connectivity index (χ0n) is 8.89. The number of fused-ring (bicyclic) bond motifs is 2. The van der Waals surface area contributed by atoms with E-state index in [1.807, 2.05) is 0 Å². The van der Waals surface area contributed by atoms with Crippen molar-refractivity contribution in [1.82, 2.24) is 5.32 Å². The van der Waals surface area contributed by atoms with E-state index in [4.69, 9.17) is 0 Å². The highest BCUT2D eigenvalue weighted by atomic mass is 14.9. The average Bonchev–Trinajstić information content (AvgIpc) is 2.73. The molecule has 2 rings (SSSR count). The largest absolute Gasteiger partial charge is 0.314 e. The van der Waals surface area contributed by atoms with Crippen LogP contribution >= 0.6 is 0 Å². The highest BCUT2D eigenvalue weighted by molar-refractivity contribution is 4.93. The molecule has 0 aliphatic heterocycles. The van der Waals surface area contributed by atoms with E-state index >= 15 is 0 Å². The van der Waals surface area contributed by atoms with Crippen LogP contribution in [0.15, 0.2) is 0 Å². The number of rotatable bonds is 5. The molecule has 0 saturated heterocycles. The van der Waals surface area contributed by atoms with E-state index in [0.717, 1.165) is 17.9 Å². The Morgan fingerprint density at radius 2 is 2.08 bits per heavy atom. The summed E-state index contributed by atoms with van der Waals surface area (Å²) in [6, 6.07) is 0.899. The molecule has 1 nitrogen and oxygen atoms in total. The minimum Gasteiger partial charge on any atom is -0.314 e. The van der Waals surface area contributed by atoms with Crippen LogP contribution in [0.3, 0.4) is 0 Å². The Balaban J connectivity index is 1.60. The van der Waals surface area contributed by atoms with Crippen LogP contribution in [0.4, 0.5) is 0 Å². The third-order valence-corrected chi connectivity index (χ3v) is 3.92. The van der Waals surface area contributed by atoms with Crippen LogP contribution in [0, 0.1) is 11.8 Å². The van der Waals surface area contributed by atoms with Crippen molar-refractivity contribution in [1.29, 1.82) is 0 Å². The molecule has 2 bridgehead atoms. The minimum absolute atomic E-state index is 0.899. The van der Waals surface area contributed by atoms with Gasteiger partial charge in [0, 0.05) is 6.04 Å². The molecular formula is C12H23N. The van der Waals surface area contributed by atoms with Crippen molar-refractivity contribution in [2.45, 2.75) is 57.9 Å². The molecular weight excluding hydrogens is 158 g/mol. The molecule has 0 heterocycles. The van der Waals surface area contributed by atoms with Gasteiger partial charge in [0.1, 0.15) is 0 Å². The summed E-state index contributed by atoms with van der Waals surface area (Å²) >= 11 is 0. The average molecular weight is 181 g/mol. The molecule has 0 amide bonds. The van der Waals surface area contributed by atoms with E-state index in [1.54, 1.807) is 0 Å². The fourth-order valence-electron chi connectivity index (χ4n) is 3.16. The SMILES string of the molecule is CCCCCN[C@@H]1C[C@H]2CC[C@H]1C2. The first-order chi connectivity index (χ1) is 6.40. The molecule has 1 heteroatoms. The van der Waals surface area contributed by atoms with Crippen LogP contribution < -0.4 is 5.32 Å². The summed E-state index contributed by atoms with van der Waals surface area (Å²) in [5.74, 6) is 2.14. The summed E-state index contributed by atoms with van der Waals surface area (Å²) in [5, 5.41) is 3.75. The molecule has 0 aromatic rings. The summed E-state index contributed by atoms with van der Waals surface area (Å²) in [4.78, 5) is 0. The molecule has 0 unspecified atom stereocenters. The second-order valence-corrected chi connectivity index (χ2v) is 4.94. The number of hydrogen-bond donors (Lipinski definition) is 1. The van der Waals surface area contributed by atoms with Crippen molar-refractivity contribution in [2.24, 2.45) is 11.8 Å². The van der Waals surface area contributed by atoms with E-state index in [2.05, 4.69) is 12.2 Å². The minimum atomic E-state index is 0.899. The molecule has 0 aromatic carbocycles. The molecule has 0 aromatic heterocycles. The van der Waals surface area contributed by atoms with Crippen LogP contribution in [0.5, 0.6) is 0 Å². The zero-order chi connectivity index (χ0) is 9.10. The molecule has 2 aliphatic rings. The molecule has 2 aliphatic carbocycles. The maximum absolute atomic E-state index is 3.75. The second kappa shape index (κ2) is 4.45. The van der Waals surface area contributed by atoms with Crippen molar-refractivity contribution >= 4 is 0 Å². The van der Waals surface area contributed by atoms with Crippen molar-refractivity contribution < 1.29 is 0 Å². The number of unbranched alkanes of at least 4 members (excludes halogenated alkanes) is 2. The van der Waals surface area contributed by atoms with Crippen molar-refractivity contribution in [3.8, 4) is 0 Å². The first-order valence-electron chi connectivity index (χ1n) is 6.13. The fourth-order valence-corrected chi connectivity index (χ4v) is 3.16. The monoisotopic (exact) mass is 181 g/mol. The molecule has 0 radical (unpaired) electrons. The Hall–Kier alpha value is -0.0400. The highest BCUT2D eigenvalue weighted by Gasteiger charge is 2.38. The Labute approximate surface area is 82.3 Å². The van der Waals surface area contributed by atoms with Crippen molar-refractivity contribution in [3.05, 3.63) is 0 Å². The third kappa shape index (κ3) is 2.25. The lowest BCUT2D eigenvalue weighted by Crippen LogP contribution is -2.34. The van der Waals surface area contributed by atoms with Gasteiger partial charge in [0.05, 0.1) is 0 Å². The second-order valence-electron chi connectivity index (χ2n) is 4.94. The smallest absolute Gasteiger partial charge is 0.00980 e.